The molecule has 1 amide bonds. The summed E-state index contributed by atoms with van der Waals surface area (Å²) < 4.78 is 31.3. The van der Waals surface area contributed by atoms with Gasteiger partial charge in [0.1, 0.15) is 5.82 Å². The van der Waals surface area contributed by atoms with Crippen molar-refractivity contribution in [1.29, 1.82) is 0 Å². The molecular formula is C17H18ClN3O5S. The van der Waals surface area contributed by atoms with Crippen molar-refractivity contribution in [3.63, 3.8) is 0 Å². The minimum Gasteiger partial charge on any atom is -0.452 e. The molecule has 0 fully saturated rings. The van der Waals surface area contributed by atoms with E-state index in [-0.39, 0.29) is 23.7 Å². The van der Waals surface area contributed by atoms with Crippen molar-refractivity contribution in [1.82, 2.24) is 9.71 Å². The number of carbonyl (C=O) groups is 2. The fraction of sp³-hybridized carbons (Fsp3) is 0.235. The van der Waals surface area contributed by atoms with Crippen LogP contribution in [0.4, 0.5) is 5.82 Å². The van der Waals surface area contributed by atoms with Crippen LogP contribution < -0.4 is 10.0 Å². The highest BCUT2D eigenvalue weighted by atomic mass is 35.5. The average molecular weight is 412 g/mol. The van der Waals surface area contributed by atoms with E-state index in [2.05, 4.69) is 15.0 Å². The lowest BCUT2D eigenvalue weighted by Gasteiger charge is -2.13. The topological polar surface area (TPSA) is 114 Å². The van der Waals surface area contributed by atoms with E-state index in [4.69, 9.17) is 16.3 Å². The third kappa shape index (κ3) is 6.63. The molecule has 0 radical (unpaired) electrons. The Labute approximate surface area is 161 Å². The summed E-state index contributed by atoms with van der Waals surface area (Å²) in [6, 6.07) is 10.8. The number of aromatic nitrogens is 1. The molecule has 0 unspecified atom stereocenters. The van der Waals surface area contributed by atoms with Gasteiger partial charge in [0.05, 0.1) is 16.3 Å². The lowest BCUT2D eigenvalue weighted by atomic mass is 10.3. The number of hydrogen-bond donors (Lipinski definition) is 2. The Morgan fingerprint density at radius 3 is 2.52 bits per heavy atom. The van der Waals surface area contributed by atoms with Crippen LogP contribution in [-0.2, 0) is 24.3 Å². The van der Waals surface area contributed by atoms with E-state index in [0.29, 0.717) is 5.02 Å². The number of amides is 1. The zero-order valence-electron chi connectivity index (χ0n) is 14.4. The Balaban J connectivity index is 1.77. The minimum atomic E-state index is -3.70. The van der Waals surface area contributed by atoms with Gasteiger partial charge in [-0.1, -0.05) is 29.8 Å². The highest BCUT2D eigenvalue weighted by molar-refractivity contribution is 7.89. The van der Waals surface area contributed by atoms with Gasteiger partial charge in [-0.3, -0.25) is 9.59 Å². The maximum absolute atomic E-state index is 12.0. The van der Waals surface area contributed by atoms with Gasteiger partial charge in [-0.15, -0.1) is 0 Å². The second-order valence-electron chi connectivity index (χ2n) is 5.44. The first-order chi connectivity index (χ1) is 12.8. The summed E-state index contributed by atoms with van der Waals surface area (Å²) in [4.78, 5) is 27.8. The summed E-state index contributed by atoms with van der Waals surface area (Å²) in [7, 11) is -3.70. The van der Waals surface area contributed by atoms with Crippen LogP contribution in [0.5, 0.6) is 0 Å². The monoisotopic (exact) mass is 411 g/mol. The Morgan fingerprint density at radius 2 is 1.89 bits per heavy atom. The van der Waals surface area contributed by atoms with Gasteiger partial charge >= 0.3 is 5.97 Å². The number of sulfonamides is 1. The van der Waals surface area contributed by atoms with E-state index in [1.807, 2.05) is 0 Å². The number of hydrogen-bond acceptors (Lipinski definition) is 6. The van der Waals surface area contributed by atoms with Gasteiger partial charge in [-0.25, -0.2) is 18.1 Å². The SMILES string of the molecule is C[C@@H](OC(=O)CCNS(=O)(=O)c1ccccc1)C(=O)Nc1ccc(Cl)cn1. The molecule has 2 N–H and O–H groups in total. The molecule has 1 atom stereocenters. The predicted molar refractivity (Wildman–Crippen MR) is 99.7 cm³/mol. The van der Waals surface area contributed by atoms with Crippen molar-refractivity contribution in [3.8, 4) is 0 Å². The summed E-state index contributed by atoms with van der Waals surface area (Å²) in [5, 5.41) is 2.90. The maximum Gasteiger partial charge on any atom is 0.307 e. The highest BCUT2D eigenvalue weighted by Crippen LogP contribution is 2.10. The van der Waals surface area contributed by atoms with Gasteiger partial charge in [0.15, 0.2) is 6.10 Å². The van der Waals surface area contributed by atoms with E-state index in [1.165, 1.54) is 31.3 Å². The average Bonchev–Trinajstić information content (AvgIpc) is 2.64. The van der Waals surface area contributed by atoms with E-state index in [9.17, 15) is 18.0 Å². The molecule has 27 heavy (non-hydrogen) atoms. The molecule has 1 heterocycles. The lowest BCUT2D eigenvalue weighted by molar-refractivity contribution is -0.152. The Morgan fingerprint density at radius 1 is 1.19 bits per heavy atom. The second-order valence-corrected chi connectivity index (χ2v) is 7.65. The Kier molecular flexibility index (Phi) is 7.28. The summed E-state index contributed by atoms with van der Waals surface area (Å²) in [5.41, 5.74) is 0. The molecule has 0 saturated carbocycles. The second kappa shape index (κ2) is 9.45. The number of anilines is 1. The third-order valence-electron chi connectivity index (χ3n) is 3.33. The van der Waals surface area contributed by atoms with Gasteiger partial charge < -0.3 is 10.1 Å². The molecule has 8 nitrogen and oxygen atoms in total. The van der Waals surface area contributed by atoms with Crippen LogP contribution in [0.2, 0.25) is 5.02 Å². The molecule has 0 aliphatic rings. The normalized spacial score (nSPS) is 12.2. The highest BCUT2D eigenvalue weighted by Gasteiger charge is 2.19. The number of pyridine rings is 1. The third-order valence-corrected chi connectivity index (χ3v) is 5.03. The first kappa shape index (κ1) is 20.8. The quantitative estimate of drug-likeness (QED) is 0.642. The molecule has 2 aromatic rings. The van der Waals surface area contributed by atoms with Crippen molar-refractivity contribution >= 4 is 39.3 Å². The largest absolute Gasteiger partial charge is 0.452 e. The first-order valence-electron chi connectivity index (χ1n) is 7.94. The van der Waals surface area contributed by atoms with Crippen LogP contribution in [0.1, 0.15) is 13.3 Å². The van der Waals surface area contributed by atoms with Gasteiger partial charge in [0.25, 0.3) is 5.91 Å². The predicted octanol–water partition coefficient (Wildman–Crippen LogP) is 1.97. The molecule has 0 saturated heterocycles. The van der Waals surface area contributed by atoms with Crippen LogP contribution in [0.25, 0.3) is 0 Å². The van der Waals surface area contributed by atoms with Crippen molar-refractivity contribution in [2.75, 3.05) is 11.9 Å². The summed E-state index contributed by atoms with van der Waals surface area (Å²) in [5.74, 6) is -1.01. The molecule has 0 aliphatic heterocycles. The number of esters is 1. The number of benzene rings is 1. The van der Waals surface area contributed by atoms with Crippen LogP contribution in [-0.4, -0.2) is 37.9 Å². The summed E-state index contributed by atoms with van der Waals surface area (Å²) in [6.07, 6.45) is 0.0796. The Bertz CT molecular complexity index is 889. The number of nitrogens with zero attached hydrogens (tertiary/aromatic N) is 1. The fourth-order valence-corrected chi connectivity index (χ4v) is 3.12. The zero-order chi connectivity index (χ0) is 19.9. The number of ether oxygens (including phenoxy) is 1. The van der Waals surface area contributed by atoms with Crippen LogP contribution in [0.15, 0.2) is 53.6 Å². The van der Waals surface area contributed by atoms with Gasteiger partial charge in [0.2, 0.25) is 10.0 Å². The van der Waals surface area contributed by atoms with Crippen molar-refractivity contribution in [2.24, 2.45) is 0 Å². The zero-order valence-corrected chi connectivity index (χ0v) is 16.0. The minimum absolute atomic E-state index is 0.0987. The molecule has 0 aliphatic carbocycles. The number of carbonyl (C=O) groups excluding carboxylic acids is 2. The molecule has 0 bridgehead atoms. The van der Waals surface area contributed by atoms with E-state index in [1.54, 1.807) is 24.3 Å². The molecule has 10 heteroatoms. The summed E-state index contributed by atoms with van der Waals surface area (Å²) in [6.45, 7) is 1.25. The van der Waals surface area contributed by atoms with Crippen LogP contribution in [0, 0.1) is 0 Å². The standard InChI is InChI=1S/C17H18ClN3O5S/c1-12(17(23)21-15-8-7-13(18)11-19-15)26-16(22)9-10-20-27(24,25)14-5-3-2-4-6-14/h2-8,11-12,20H,9-10H2,1H3,(H,19,21,23)/t12-/m1/s1. The molecule has 1 aromatic heterocycles. The van der Waals surface area contributed by atoms with Gasteiger partial charge in [-0.2, -0.15) is 0 Å². The Hall–Kier alpha value is -2.49. The van der Waals surface area contributed by atoms with E-state index < -0.39 is 28.0 Å². The van der Waals surface area contributed by atoms with Crippen LogP contribution in [0.3, 0.4) is 0 Å². The van der Waals surface area contributed by atoms with Crippen molar-refractivity contribution in [3.05, 3.63) is 53.7 Å². The smallest absolute Gasteiger partial charge is 0.307 e. The lowest BCUT2D eigenvalue weighted by Crippen LogP contribution is -2.32. The molecule has 2 rings (SSSR count). The first-order valence-corrected chi connectivity index (χ1v) is 9.80. The maximum atomic E-state index is 12.0. The van der Waals surface area contributed by atoms with E-state index in [0.717, 1.165) is 0 Å². The molecule has 0 spiro atoms. The van der Waals surface area contributed by atoms with Crippen LogP contribution >= 0.6 is 11.6 Å². The number of nitrogens with one attached hydrogen (secondary N) is 2. The summed E-state index contributed by atoms with van der Waals surface area (Å²) >= 11 is 5.71. The molecule has 144 valence electrons. The number of rotatable bonds is 8. The van der Waals surface area contributed by atoms with E-state index >= 15 is 0 Å². The number of halogens is 1. The van der Waals surface area contributed by atoms with Crippen molar-refractivity contribution < 1.29 is 22.7 Å². The van der Waals surface area contributed by atoms with Gasteiger partial charge in [0, 0.05) is 12.7 Å². The molecular weight excluding hydrogens is 394 g/mol. The van der Waals surface area contributed by atoms with Gasteiger partial charge in [-0.05, 0) is 31.2 Å². The fourth-order valence-electron chi connectivity index (χ4n) is 1.96. The van der Waals surface area contributed by atoms with Crippen molar-refractivity contribution in [2.45, 2.75) is 24.3 Å². The molecule has 1 aromatic carbocycles.